The third-order valence-electron chi connectivity index (χ3n) is 4.34. The van der Waals surface area contributed by atoms with Crippen LogP contribution in [0.2, 0.25) is 0 Å². The van der Waals surface area contributed by atoms with Crippen molar-refractivity contribution in [2.45, 2.75) is 13.0 Å². The number of aromatic nitrogens is 3. The summed E-state index contributed by atoms with van der Waals surface area (Å²) in [4.78, 5) is 3.53. The summed E-state index contributed by atoms with van der Waals surface area (Å²) in [6.45, 7) is 0.869. The molecule has 4 rings (SSSR count). The number of halogens is 2. The fraction of sp³-hybridized carbons (Fsp3) is 0.211. The van der Waals surface area contributed by atoms with Crippen LogP contribution >= 0.6 is 11.6 Å². The standard InChI is InChI=1S/C19H18ClN3O.ClH/c1-24-15-9-7-14(8-10-15)18-13-23-17-6-3-2-5-16(17)21-19(23)22(18)12-4-11-20;/h2-3,5-10,13H,4,11-12H2,1H3;1H. The Morgan fingerprint density at radius 1 is 1.12 bits per heavy atom. The van der Waals surface area contributed by atoms with Crippen LogP contribution in [-0.4, -0.2) is 22.5 Å². The van der Waals surface area contributed by atoms with Gasteiger partial charge >= 0.3 is 5.78 Å². The van der Waals surface area contributed by atoms with Gasteiger partial charge in [0.25, 0.3) is 0 Å². The van der Waals surface area contributed by atoms with Gasteiger partial charge in [-0.2, -0.15) is 4.40 Å². The van der Waals surface area contributed by atoms with E-state index in [-0.39, 0.29) is 12.4 Å². The van der Waals surface area contributed by atoms with Crippen LogP contribution in [0.4, 0.5) is 0 Å². The Morgan fingerprint density at radius 3 is 2.60 bits per heavy atom. The largest absolute Gasteiger partial charge is 1.00 e. The summed E-state index contributed by atoms with van der Waals surface area (Å²) >= 11 is 5.94. The minimum Gasteiger partial charge on any atom is -1.00 e. The fourth-order valence-electron chi connectivity index (χ4n) is 3.15. The number of ether oxygens (including phenoxy) is 1. The van der Waals surface area contributed by atoms with E-state index < -0.39 is 0 Å². The maximum Gasteiger partial charge on any atom is 0.368 e. The zero-order chi connectivity index (χ0) is 16.5. The SMILES string of the molecule is COc1ccc(-c2c[n+]3c4ccccc4[nH]c3n2CCCCl)cc1.[Cl-]. The first-order valence-electron chi connectivity index (χ1n) is 8.04. The van der Waals surface area contributed by atoms with Crippen molar-refractivity contribution in [1.82, 2.24) is 9.55 Å². The molecule has 0 aliphatic heterocycles. The summed E-state index contributed by atoms with van der Waals surface area (Å²) in [5.74, 6) is 2.58. The number of fused-ring (bicyclic) bond motifs is 3. The molecular weight excluding hydrogens is 357 g/mol. The average Bonchev–Trinajstić information content (AvgIpc) is 3.16. The molecule has 4 nitrogen and oxygen atoms in total. The fourth-order valence-corrected chi connectivity index (χ4v) is 3.27. The van der Waals surface area contributed by atoms with E-state index in [9.17, 15) is 0 Å². The number of aryl methyl sites for hydroxylation is 1. The van der Waals surface area contributed by atoms with Crippen molar-refractivity contribution in [1.29, 1.82) is 0 Å². The molecule has 0 spiro atoms. The number of imidazole rings is 2. The molecule has 130 valence electrons. The maximum absolute atomic E-state index is 5.94. The van der Waals surface area contributed by atoms with Gasteiger partial charge < -0.3 is 17.1 Å². The van der Waals surface area contributed by atoms with Crippen LogP contribution in [0.5, 0.6) is 5.75 Å². The molecule has 0 unspecified atom stereocenters. The van der Waals surface area contributed by atoms with Crippen LogP contribution in [0.3, 0.4) is 0 Å². The van der Waals surface area contributed by atoms with Gasteiger partial charge in [-0.1, -0.05) is 12.1 Å². The molecule has 0 fully saturated rings. The van der Waals surface area contributed by atoms with Gasteiger partial charge in [-0.05, 0) is 42.8 Å². The van der Waals surface area contributed by atoms with Gasteiger partial charge in [0.2, 0.25) is 0 Å². The second kappa shape index (κ2) is 7.38. The molecule has 0 bridgehead atoms. The molecule has 0 aliphatic carbocycles. The highest BCUT2D eigenvalue weighted by Crippen LogP contribution is 2.25. The first kappa shape index (κ1) is 17.6. The van der Waals surface area contributed by atoms with Crippen LogP contribution in [0, 0.1) is 0 Å². The smallest absolute Gasteiger partial charge is 0.368 e. The van der Waals surface area contributed by atoms with Crippen LogP contribution in [0.25, 0.3) is 28.1 Å². The highest BCUT2D eigenvalue weighted by Gasteiger charge is 2.21. The Labute approximate surface area is 157 Å². The number of hydrogen-bond donors (Lipinski definition) is 1. The van der Waals surface area contributed by atoms with Crippen molar-refractivity contribution in [2.75, 3.05) is 13.0 Å². The number of alkyl halides is 1. The van der Waals surface area contributed by atoms with Crippen LogP contribution in [0.1, 0.15) is 6.42 Å². The van der Waals surface area contributed by atoms with Crippen molar-refractivity contribution >= 4 is 28.4 Å². The molecule has 4 aromatic rings. The van der Waals surface area contributed by atoms with Gasteiger partial charge in [0, 0.05) is 11.4 Å². The van der Waals surface area contributed by atoms with Crippen molar-refractivity contribution in [2.24, 2.45) is 0 Å². The Hall–Kier alpha value is -2.17. The molecule has 0 atom stereocenters. The van der Waals surface area contributed by atoms with Crippen LogP contribution in [0.15, 0.2) is 54.7 Å². The summed E-state index contributed by atoms with van der Waals surface area (Å²) in [6, 6.07) is 16.5. The van der Waals surface area contributed by atoms with Crippen molar-refractivity contribution in [3.8, 4) is 17.0 Å². The van der Waals surface area contributed by atoms with E-state index in [0.29, 0.717) is 5.88 Å². The van der Waals surface area contributed by atoms with Crippen molar-refractivity contribution < 1.29 is 21.5 Å². The van der Waals surface area contributed by atoms with E-state index in [4.69, 9.17) is 16.3 Å². The molecule has 1 N–H and O–H groups in total. The number of hydrogen-bond acceptors (Lipinski definition) is 1. The third-order valence-corrected chi connectivity index (χ3v) is 4.60. The minimum absolute atomic E-state index is 0. The Morgan fingerprint density at radius 2 is 1.88 bits per heavy atom. The van der Waals surface area contributed by atoms with Gasteiger partial charge in [-0.3, -0.25) is 0 Å². The first-order valence-corrected chi connectivity index (χ1v) is 8.57. The number of nitrogens with one attached hydrogen (secondary N) is 1. The van der Waals surface area contributed by atoms with Crippen molar-refractivity contribution in [3.05, 3.63) is 54.7 Å². The average molecular weight is 376 g/mol. The molecule has 0 amide bonds. The summed E-state index contributed by atoms with van der Waals surface area (Å²) in [5.41, 5.74) is 4.63. The van der Waals surface area contributed by atoms with Gasteiger partial charge in [0.05, 0.1) is 13.7 Å². The predicted molar refractivity (Wildman–Crippen MR) is 96.8 cm³/mol. The zero-order valence-corrected chi connectivity index (χ0v) is 15.4. The molecule has 2 heterocycles. The van der Waals surface area contributed by atoms with Gasteiger partial charge in [0.1, 0.15) is 28.7 Å². The second-order valence-electron chi connectivity index (χ2n) is 5.77. The zero-order valence-electron chi connectivity index (χ0n) is 13.9. The van der Waals surface area contributed by atoms with E-state index in [2.05, 4.69) is 50.5 Å². The molecule has 0 saturated heterocycles. The highest BCUT2D eigenvalue weighted by molar-refractivity contribution is 6.17. The van der Waals surface area contributed by atoms with E-state index in [0.717, 1.165) is 35.6 Å². The summed E-state index contributed by atoms with van der Waals surface area (Å²) in [5, 5.41) is 0. The summed E-state index contributed by atoms with van der Waals surface area (Å²) in [6.07, 6.45) is 3.11. The van der Waals surface area contributed by atoms with E-state index in [1.807, 2.05) is 18.2 Å². The summed E-state index contributed by atoms with van der Waals surface area (Å²) in [7, 11) is 1.68. The van der Waals surface area contributed by atoms with Crippen LogP contribution < -0.4 is 21.5 Å². The van der Waals surface area contributed by atoms with E-state index >= 15 is 0 Å². The molecule has 2 aromatic carbocycles. The lowest BCUT2D eigenvalue weighted by Crippen LogP contribution is -3.00. The lowest BCUT2D eigenvalue weighted by molar-refractivity contribution is -0.479. The molecule has 0 saturated carbocycles. The molecule has 6 heteroatoms. The molecule has 2 aromatic heterocycles. The molecule has 0 aliphatic rings. The van der Waals surface area contributed by atoms with Gasteiger partial charge in [-0.15, -0.1) is 11.6 Å². The topological polar surface area (TPSA) is 34.0 Å². The maximum atomic E-state index is 5.94. The second-order valence-corrected chi connectivity index (χ2v) is 6.15. The van der Waals surface area contributed by atoms with Crippen molar-refractivity contribution in [3.63, 3.8) is 0 Å². The number of para-hydroxylation sites is 2. The number of nitrogens with zero attached hydrogens (tertiary/aromatic N) is 2. The lowest BCUT2D eigenvalue weighted by Gasteiger charge is -2.04. The van der Waals surface area contributed by atoms with Crippen LogP contribution in [-0.2, 0) is 6.54 Å². The van der Waals surface area contributed by atoms with E-state index in [1.165, 1.54) is 11.2 Å². The van der Waals surface area contributed by atoms with E-state index in [1.54, 1.807) is 7.11 Å². The normalized spacial score (nSPS) is 11.0. The third kappa shape index (κ3) is 3.08. The van der Waals surface area contributed by atoms with Gasteiger partial charge in [0.15, 0.2) is 0 Å². The Bertz CT molecular complexity index is 989. The van der Waals surface area contributed by atoms with Gasteiger partial charge in [-0.25, -0.2) is 9.55 Å². The number of methoxy groups -OCH3 is 1. The first-order chi connectivity index (χ1) is 11.8. The highest BCUT2D eigenvalue weighted by atomic mass is 35.5. The monoisotopic (exact) mass is 375 g/mol. The number of benzene rings is 2. The molecule has 0 radical (unpaired) electrons. The molecular formula is C19H19Cl2N3O. The number of H-pyrrole nitrogens is 1. The number of aromatic amines is 1. The lowest BCUT2D eigenvalue weighted by atomic mass is 10.1. The Kier molecular flexibility index (Phi) is 5.21. The minimum atomic E-state index is 0. The molecule has 25 heavy (non-hydrogen) atoms. The Balaban J connectivity index is 0.00000182. The summed E-state index contributed by atoms with van der Waals surface area (Å²) < 4.78 is 9.77. The number of rotatable bonds is 5. The predicted octanol–water partition coefficient (Wildman–Crippen LogP) is 1.02. The quantitative estimate of drug-likeness (QED) is 0.410.